The van der Waals surface area contributed by atoms with Crippen LogP contribution < -0.4 is 4.74 Å². The maximum absolute atomic E-state index is 12.9. The molecule has 1 atom stereocenters. The van der Waals surface area contributed by atoms with Crippen LogP contribution in [0.5, 0.6) is 5.75 Å². The number of hydrogen-bond donors (Lipinski definition) is 0. The number of benzene rings is 1. The number of carbonyl (C=O) groups excluding carboxylic acids is 1. The summed E-state index contributed by atoms with van der Waals surface area (Å²) in [7, 11) is 1.67. The molecule has 0 aromatic heterocycles. The number of unbranched alkanes of at least 4 members (excludes halogenated alkanes) is 1. The smallest absolute Gasteiger partial charge is 0.169 e. The van der Waals surface area contributed by atoms with E-state index in [1.165, 1.54) is 0 Å². The molecule has 1 unspecified atom stereocenters. The third-order valence-corrected chi connectivity index (χ3v) is 4.40. The quantitative estimate of drug-likeness (QED) is 0.679. The highest BCUT2D eigenvalue weighted by Gasteiger charge is 2.44. The van der Waals surface area contributed by atoms with Crippen molar-refractivity contribution in [2.24, 2.45) is 5.41 Å². The zero-order valence-corrected chi connectivity index (χ0v) is 12.6. The van der Waals surface area contributed by atoms with Gasteiger partial charge in [-0.25, -0.2) is 0 Å². The first-order valence-corrected chi connectivity index (χ1v) is 7.49. The monoisotopic (exact) mass is 272 g/mol. The molecule has 0 aliphatic heterocycles. The highest BCUT2D eigenvalue weighted by molar-refractivity contribution is 6.05. The van der Waals surface area contributed by atoms with Crippen LogP contribution in [0, 0.1) is 5.41 Å². The Labute approximate surface area is 121 Å². The van der Waals surface area contributed by atoms with Gasteiger partial charge in [0, 0.05) is 11.0 Å². The molecule has 0 fully saturated rings. The molecule has 0 saturated carbocycles. The molecule has 0 bridgehead atoms. The number of hydrogen-bond acceptors (Lipinski definition) is 2. The molecule has 0 saturated heterocycles. The lowest BCUT2D eigenvalue weighted by molar-refractivity contribution is 0.0786. The summed E-state index contributed by atoms with van der Waals surface area (Å²) < 4.78 is 5.28. The summed E-state index contributed by atoms with van der Waals surface area (Å²) in [5.41, 5.74) is 1.83. The Morgan fingerprint density at radius 3 is 2.85 bits per heavy atom. The largest absolute Gasteiger partial charge is 0.497 e. The van der Waals surface area contributed by atoms with E-state index >= 15 is 0 Å². The Morgan fingerprint density at radius 2 is 2.20 bits per heavy atom. The highest BCUT2D eigenvalue weighted by Crippen LogP contribution is 2.45. The number of rotatable bonds is 7. The first-order valence-electron chi connectivity index (χ1n) is 7.49. The van der Waals surface area contributed by atoms with Gasteiger partial charge in [-0.1, -0.05) is 25.8 Å². The Bertz CT molecular complexity index is 504. The minimum atomic E-state index is -0.209. The summed E-state index contributed by atoms with van der Waals surface area (Å²) in [6, 6.07) is 5.84. The third-order valence-electron chi connectivity index (χ3n) is 4.40. The second kappa shape index (κ2) is 6.25. The standard InChI is InChI=1S/C18H24O2/c1-4-6-10-18(11-7-5-2)13-14-12-15(20-3)8-9-16(14)17(18)19/h4,8-9,12H,1,5-7,10-11,13H2,2-3H3. The summed E-state index contributed by atoms with van der Waals surface area (Å²) in [5, 5.41) is 0. The van der Waals surface area contributed by atoms with E-state index in [4.69, 9.17) is 4.74 Å². The molecule has 2 heteroatoms. The number of allylic oxidation sites excluding steroid dienone is 1. The van der Waals surface area contributed by atoms with Gasteiger partial charge in [-0.05, 0) is 49.4 Å². The Balaban J connectivity index is 2.31. The molecule has 1 aromatic carbocycles. The van der Waals surface area contributed by atoms with Crippen molar-refractivity contribution < 1.29 is 9.53 Å². The molecule has 1 aliphatic rings. The molecule has 20 heavy (non-hydrogen) atoms. The van der Waals surface area contributed by atoms with Gasteiger partial charge < -0.3 is 4.74 Å². The second-order valence-electron chi connectivity index (χ2n) is 5.74. The zero-order valence-electron chi connectivity index (χ0n) is 12.6. The molecule has 1 aromatic rings. The molecule has 2 rings (SSSR count). The molecular weight excluding hydrogens is 248 g/mol. The third kappa shape index (κ3) is 2.65. The Morgan fingerprint density at radius 1 is 1.40 bits per heavy atom. The first kappa shape index (κ1) is 14.8. The number of Topliss-reactive ketones (excluding diaryl/α,β-unsaturated/α-hetero) is 1. The van der Waals surface area contributed by atoms with E-state index in [-0.39, 0.29) is 5.41 Å². The Hall–Kier alpha value is -1.57. The van der Waals surface area contributed by atoms with E-state index < -0.39 is 0 Å². The van der Waals surface area contributed by atoms with Gasteiger partial charge in [0.15, 0.2) is 5.78 Å². The molecule has 0 amide bonds. The zero-order chi connectivity index (χ0) is 14.6. The number of fused-ring (bicyclic) bond motifs is 1. The van der Waals surface area contributed by atoms with E-state index in [9.17, 15) is 4.79 Å². The SMILES string of the molecule is C=CCCC1(CCCC)Cc2cc(OC)ccc2C1=O. The fourth-order valence-electron chi connectivity index (χ4n) is 3.22. The van der Waals surface area contributed by atoms with E-state index in [1.54, 1.807) is 7.11 Å². The van der Waals surface area contributed by atoms with Crippen molar-refractivity contribution in [3.05, 3.63) is 42.0 Å². The van der Waals surface area contributed by atoms with Crippen LogP contribution >= 0.6 is 0 Å². The fourth-order valence-corrected chi connectivity index (χ4v) is 3.22. The van der Waals surface area contributed by atoms with E-state index in [1.807, 2.05) is 24.3 Å². The minimum absolute atomic E-state index is 0.209. The predicted octanol–water partition coefficient (Wildman–Crippen LogP) is 4.58. The van der Waals surface area contributed by atoms with Gasteiger partial charge in [-0.2, -0.15) is 0 Å². The average molecular weight is 272 g/mol. The highest BCUT2D eigenvalue weighted by atomic mass is 16.5. The molecular formula is C18H24O2. The molecule has 0 spiro atoms. The van der Waals surface area contributed by atoms with Crippen LogP contribution in [0.15, 0.2) is 30.9 Å². The van der Waals surface area contributed by atoms with Crippen molar-refractivity contribution in [3.8, 4) is 5.75 Å². The lowest BCUT2D eigenvalue weighted by Crippen LogP contribution is -2.28. The van der Waals surface area contributed by atoms with Gasteiger partial charge in [0.25, 0.3) is 0 Å². The Kier molecular flexibility index (Phi) is 4.64. The average Bonchev–Trinajstić information content (AvgIpc) is 2.75. The van der Waals surface area contributed by atoms with Crippen molar-refractivity contribution in [1.82, 2.24) is 0 Å². The van der Waals surface area contributed by atoms with Gasteiger partial charge in [-0.15, -0.1) is 6.58 Å². The van der Waals surface area contributed by atoms with Crippen LogP contribution in [0.25, 0.3) is 0 Å². The predicted molar refractivity (Wildman–Crippen MR) is 82.4 cm³/mol. The molecule has 0 heterocycles. The van der Waals surface area contributed by atoms with Gasteiger partial charge >= 0.3 is 0 Å². The lowest BCUT2D eigenvalue weighted by Gasteiger charge is -2.27. The maximum Gasteiger partial charge on any atom is 0.169 e. The van der Waals surface area contributed by atoms with Crippen molar-refractivity contribution in [2.45, 2.75) is 45.4 Å². The molecule has 0 radical (unpaired) electrons. The molecule has 1 aliphatic carbocycles. The summed E-state index contributed by atoms with van der Waals surface area (Å²) in [5.74, 6) is 1.16. The maximum atomic E-state index is 12.9. The van der Waals surface area contributed by atoms with Gasteiger partial charge in [-0.3, -0.25) is 4.79 Å². The second-order valence-corrected chi connectivity index (χ2v) is 5.74. The molecule has 2 nitrogen and oxygen atoms in total. The first-order chi connectivity index (χ1) is 9.66. The molecule has 108 valence electrons. The summed E-state index contributed by atoms with van der Waals surface area (Å²) >= 11 is 0. The van der Waals surface area contributed by atoms with Crippen LogP contribution in [-0.2, 0) is 6.42 Å². The number of carbonyl (C=O) groups is 1. The van der Waals surface area contributed by atoms with E-state index in [2.05, 4.69) is 13.5 Å². The van der Waals surface area contributed by atoms with Crippen LogP contribution in [0.4, 0.5) is 0 Å². The van der Waals surface area contributed by atoms with Crippen LogP contribution in [0.2, 0.25) is 0 Å². The fraction of sp³-hybridized carbons (Fsp3) is 0.500. The van der Waals surface area contributed by atoms with E-state index in [0.717, 1.165) is 55.4 Å². The minimum Gasteiger partial charge on any atom is -0.497 e. The lowest BCUT2D eigenvalue weighted by atomic mass is 9.75. The molecule has 0 N–H and O–H groups in total. The van der Waals surface area contributed by atoms with Gasteiger partial charge in [0.2, 0.25) is 0 Å². The van der Waals surface area contributed by atoms with Crippen LogP contribution in [-0.4, -0.2) is 12.9 Å². The van der Waals surface area contributed by atoms with Crippen molar-refractivity contribution >= 4 is 5.78 Å². The van der Waals surface area contributed by atoms with Gasteiger partial charge in [0.1, 0.15) is 5.75 Å². The normalized spacial score (nSPS) is 20.8. The van der Waals surface area contributed by atoms with Crippen LogP contribution in [0.1, 0.15) is 54.9 Å². The summed E-state index contributed by atoms with van der Waals surface area (Å²) in [4.78, 5) is 12.9. The summed E-state index contributed by atoms with van der Waals surface area (Å²) in [6.45, 7) is 5.98. The van der Waals surface area contributed by atoms with E-state index in [0.29, 0.717) is 5.78 Å². The number of ether oxygens (including phenoxy) is 1. The topological polar surface area (TPSA) is 26.3 Å². The number of ketones is 1. The number of methoxy groups -OCH3 is 1. The van der Waals surface area contributed by atoms with Crippen molar-refractivity contribution in [2.75, 3.05) is 7.11 Å². The summed E-state index contributed by atoms with van der Waals surface area (Å²) in [6.07, 6.45) is 7.80. The van der Waals surface area contributed by atoms with Gasteiger partial charge in [0.05, 0.1) is 7.11 Å². The van der Waals surface area contributed by atoms with Crippen LogP contribution in [0.3, 0.4) is 0 Å². The van der Waals surface area contributed by atoms with Crippen molar-refractivity contribution in [1.29, 1.82) is 0 Å². The van der Waals surface area contributed by atoms with Crippen molar-refractivity contribution in [3.63, 3.8) is 0 Å².